The van der Waals surface area contributed by atoms with Crippen LogP contribution in [0.1, 0.15) is 24.2 Å². The van der Waals surface area contributed by atoms with Gasteiger partial charge < -0.3 is 10.1 Å². The zero-order valence-electron chi connectivity index (χ0n) is 9.87. The fourth-order valence-electron chi connectivity index (χ4n) is 1.19. The molecule has 0 saturated carbocycles. The average Bonchev–Trinajstić information content (AvgIpc) is 2.32. The van der Waals surface area contributed by atoms with Gasteiger partial charge in [0.15, 0.2) is 0 Å². The Morgan fingerprint density at radius 2 is 2.17 bits per heavy atom. The van der Waals surface area contributed by atoms with Crippen LogP contribution in [0, 0.1) is 0 Å². The molecule has 7 heteroatoms. The van der Waals surface area contributed by atoms with Gasteiger partial charge in [-0.2, -0.15) is 0 Å². The summed E-state index contributed by atoms with van der Waals surface area (Å²) >= 11 is 11.5. The SMILES string of the molecule is CCOC(=O)C(C)NC(=O)c1cc(Cl)ncc1Cl. The molecule has 1 atom stereocenters. The summed E-state index contributed by atoms with van der Waals surface area (Å²) in [5, 5.41) is 2.77. The first kappa shape index (κ1) is 14.7. The van der Waals surface area contributed by atoms with Gasteiger partial charge in [-0.05, 0) is 19.9 Å². The van der Waals surface area contributed by atoms with Crippen LogP contribution in [0.15, 0.2) is 12.3 Å². The first-order valence-corrected chi connectivity index (χ1v) is 5.99. The lowest BCUT2D eigenvalue weighted by Crippen LogP contribution is -2.39. The number of esters is 1. The molecular weight excluding hydrogens is 279 g/mol. The molecule has 0 aliphatic carbocycles. The fourth-order valence-corrected chi connectivity index (χ4v) is 1.53. The van der Waals surface area contributed by atoms with Crippen molar-refractivity contribution in [1.29, 1.82) is 0 Å². The normalized spacial score (nSPS) is 11.8. The molecular formula is C11H12Cl2N2O3. The van der Waals surface area contributed by atoms with E-state index in [0.29, 0.717) is 0 Å². The molecule has 18 heavy (non-hydrogen) atoms. The summed E-state index contributed by atoms with van der Waals surface area (Å²) < 4.78 is 4.77. The Morgan fingerprint density at radius 3 is 2.78 bits per heavy atom. The molecule has 1 rings (SSSR count). The van der Waals surface area contributed by atoms with Crippen molar-refractivity contribution in [3.63, 3.8) is 0 Å². The van der Waals surface area contributed by atoms with Crippen LogP contribution in [0.3, 0.4) is 0 Å². The van der Waals surface area contributed by atoms with Crippen molar-refractivity contribution in [1.82, 2.24) is 10.3 Å². The number of nitrogens with zero attached hydrogens (tertiary/aromatic N) is 1. The first-order chi connectivity index (χ1) is 8.45. The summed E-state index contributed by atoms with van der Waals surface area (Å²) in [6.07, 6.45) is 1.27. The molecule has 0 spiro atoms. The Hall–Kier alpha value is -1.33. The number of ether oxygens (including phenoxy) is 1. The molecule has 1 N–H and O–H groups in total. The van der Waals surface area contributed by atoms with Crippen molar-refractivity contribution in [2.45, 2.75) is 19.9 Å². The van der Waals surface area contributed by atoms with Crippen LogP contribution in [0.2, 0.25) is 10.2 Å². The van der Waals surface area contributed by atoms with Gasteiger partial charge in [-0.1, -0.05) is 23.2 Å². The zero-order valence-corrected chi connectivity index (χ0v) is 11.4. The smallest absolute Gasteiger partial charge is 0.328 e. The van der Waals surface area contributed by atoms with Crippen molar-refractivity contribution >= 4 is 35.1 Å². The summed E-state index contributed by atoms with van der Waals surface area (Å²) in [7, 11) is 0. The molecule has 0 saturated heterocycles. The van der Waals surface area contributed by atoms with Crippen LogP contribution < -0.4 is 5.32 Å². The van der Waals surface area contributed by atoms with Gasteiger partial charge >= 0.3 is 5.97 Å². The van der Waals surface area contributed by atoms with Gasteiger partial charge in [0, 0.05) is 6.20 Å². The van der Waals surface area contributed by atoms with Crippen LogP contribution >= 0.6 is 23.2 Å². The third-order valence-electron chi connectivity index (χ3n) is 2.05. The number of carbonyl (C=O) groups is 2. The van der Waals surface area contributed by atoms with Crippen molar-refractivity contribution in [2.24, 2.45) is 0 Å². The van der Waals surface area contributed by atoms with E-state index in [2.05, 4.69) is 10.3 Å². The van der Waals surface area contributed by atoms with Gasteiger partial charge in [-0.3, -0.25) is 4.79 Å². The zero-order chi connectivity index (χ0) is 13.7. The maximum atomic E-state index is 11.8. The molecule has 0 aliphatic rings. The van der Waals surface area contributed by atoms with E-state index in [1.807, 2.05) is 0 Å². The largest absolute Gasteiger partial charge is 0.464 e. The molecule has 1 amide bonds. The van der Waals surface area contributed by atoms with Gasteiger partial charge in [0.1, 0.15) is 11.2 Å². The van der Waals surface area contributed by atoms with Crippen molar-refractivity contribution in [2.75, 3.05) is 6.61 Å². The number of nitrogens with one attached hydrogen (secondary N) is 1. The summed E-state index contributed by atoms with van der Waals surface area (Å²) in [5.41, 5.74) is 0.160. The highest BCUT2D eigenvalue weighted by molar-refractivity contribution is 6.35. The summed E-state index contributed by atoms with van der Waals surface area (Å²) in [6, 6.07) is 0.567. The lowest BCUT2D eigenvalue weighted by molar-refractivity contribution is -0.144. The maximum absolute atomic E-state index is 11.8. The first-order valence-electron chi connectivity index (χ1n) is 5.24. The molecule has 1 heterocycles. The van der Waals surface area contributed by atoms with Crippen LogP contribution in [-0.2, 0) is 9.53 Å². The Labute approximate surface area is 114 Å². The highest BCUT2D eigenvalue weighted by atomic mass is 35.5. The summed E-state index contributed by atoms with van der Waals surface area (Å²) in [6.45, 7) is 3.46. The number of hydrogen-bond donors (Lipinski definition) is 1. The second-order valence-electron chi connectivity index (χ2n) is 3.43. The van der Waals surface area contributed by atoms with Crippen molar-refractivity contribution in [3.8, 4) is 0 Å². The Kier molecular flexibility index (Phi) is 5.37. The minimum Gasteiger partial charge on any atom is -0.464 e. The van der Waals surface area contributed by atoms with Crippen LogP contribution in [0.4, 0.5) is 0 Å². The van der Waals surface area contributed by atoms with E-state index in [1.54, 1.807) is 6.92 Å². The minimum absolute atomic E-state index is 0.147. The maximum Gasteiger partial charge on any atom is 0.328 e. The number of carbonyl (C=O) groups excluding carboxylic acids is 2. The van der Waals surface area contributed by atoms with E-state index < -0.39 is 17.9 Å². The van der Waals surface area contributed by atoms with Crippen LogP contribution in [0.25, 0.3) is 0 Å². The van der Waals surface area contributed by atoms with E-state index in [-0.39, 0.29) is 22.3 Å². The monoisotopic (exact) mass is 290 g/mol. The molecule has 0 aromatic carbocycles. The van der Waals surface area contributed by atoms with Gasteiger partial charge in [-0.25, -0.2) is 9.78 Å². The fraction of sp³-hybridized carbons (Fsp3) is 0.364. The van der Waals surface area contributed by atoms with E-state index in [9.17, 15) is 9.59 Å². The molecule has 0 fully saturated rings. The number of amides is 1. The van der Waals surface area contributed by atoms with Gasteiger partial charge in [-0.15, -0.1) is 0 Å². The van der Waals surface area contributed by atoms with Gasteiger partial charge in [0.2, 0.25) is 0 Å². The summed E-state index contributed by atoms with van der Waals surface area (Å²) in [5.74, 6) is -1.02. The Bertz CT molecular complexity index is 466. The van der Waals surface area contributed by atoms with Crippen molar-refractivity contribution < 1.29 is 14.3 Å². The molecule has 0 aliphatic heterocycles. The van der Waals surface area contributed by atoms with E-state index >= 15 is 0 Å². The number of hydrogen-bond acceptors (Lipinski definition) is 4. The molecule has 0 bridgehead atoms. The average molecular weight is 291 g/mol. The molecule has 5 nitrogen and oxygen atoms in total. The number of rotatable bonds is 4. The predicted molar refractivity (Wildman–Crippen MR) is 67.8 cm³/mol. The van der Waals surface area contributed by atoms with Crippen molar-refractivity contribution in [3.05, 3.63) is 28.0 Å². The number of pyridine rings is 1. The number of halogens is 2. The number of aromatic nitrogens is 1. The highest BCUT2D eigenvalue weighted by Crippen LogP contribution is 2.18. The minimum atomic E-state index is -0.763. The van der Waals surface area contributed by atoms with Crippen LogP contribution in [0.5, 0.6) is 0 Å². The van der Waals surface area contributed by atoms with E-state index in [0.717, 1.165) is 0 Å². The predicted octanol–water partition coefficient (Wildman–Crippen LogP) is 2.07. The van der Waals surface area contributed by atoms with E-state index in [4.69, 9.17) is 27.9 Å². The summed E-state index contributed by atoms with van der Waals surface area (Å²) in [4.78, 5) is 26.9. The molecule has 98 valence electrons. The highest BCUT2D eigenvalue weighted by Gasteiger charge is 2.19. The molecule has 0 radical (unpaired) electrons. The molecule has 1 aromatic rings. The molecule has 1 unspecified atom stereocenters. The quantitative estimate of drug-likeness (QED) is 0.681. The lowest BCUT2D eigenvalue weighted by atomic mass is 10.2. The standard InChI is InChI=1S/C11H12Cl2N2O3/c1-3-18-11(17)6(2)15-10(16)7-4-9(13)14-5-8(7)12/h4-6H,3H2,1-2H3,(H,15,16). The third kappa shape index (κ3) is 3.85. The Morgan fingerprint density at radius 1 is 1.50 bits per heavy atom. The van der Waals surface area contributed by atoms with Crippen LogP contribution in [-0.4, -0.2) is 29.5 Å². The van der Waals surface area contributed by atoms with E-state index in [1.165, 1.54) is 19.2 Å². The van der Waals surface area contributed by atoms with Gasteiger partial charge in [0.25, 0.3) is 5.91 Å². The van der Waals surface area contributed by atoms with Gasteiger partial charge in [0.05, 0.1) is 17.2 Å². The Balaban J connectivity index is 2.76. The molecule has 1 aromatic heterocycles. The topological polar surface area (TPSA) is 68.3 Å². The lowest BCUT2D eigenvalue weighted by Gasteiger charge is -2.13. The second kappa shape index (κ2) is 6.56. The third-order valence-corrected chi connectivity index (χ3v) is 2.56. The second-order valence-corrected chi connectivity index (χ2v) is 4.23.